The number of alkyl halides is 2. The zero-order valence-corrected chi connectivity index (χ0v) is 17.0. The molecule has 2 N–H and O–H groups in total. The second kappa shape index (κ2) is 7.85. The molecule has 0 fully saturated rings. The van der Waals surface area contributed by atoms with Gasteiger partial charge < -0.3 is 15.2 Å². The zero-order valence-electron chi connectivity index (χ0n) is 14.7. The highest BCUT2D eigenvalue weighted by atomic mass is 79.9. The molecule has 0 unspecified atom stereocenters. The van der Waals surface area contributed by atoms with Crippen LogP contribution in [0.1, 0.15) is 35.4 Å². The van der Waals surface area contributed by atoms with E-state index in [2.05, 4.69) is 25.9 Å². The van der Waals surface area contributed by atoms with Crippen molar-refractivity contribution in [2.24, 2.45) is 5.73 Å². The van der Waals surface area contributed by atoms with E-state index >= 15 is 0 Å². The zero-order chi connectivity index (χ0) is 20.7. The number of carbonyl (C=O) groups is 1. The highest BCUT2D eigenvalue weighted by Gasteiger charge is 2.39. The summed E-state index contributed by atoms with van der Waals surface area (Å²) in [5.41, 5.74) is 7.53. The molecule has 1 aromatic carbocycles. The van der Waals surface area contributed by atoms with Crippen molar-refractivity contribution < 1.29 is 23.0 Å². The van der Waals surface area contributed by atoms with Crippen molar-refractivity contribution in [3.05, 3.63) is 57.2 Å². The van der Waals surface area contributed by atoms with Crippen LogP contribution in [0.3, 0.4) is 0 Å². The highest BCUT2D eigenvalue weighted by molar-refractivity contribution is 9.10. The first-order valence-corrected chi connectivity index (χ1v) is 9.68. The number of primary amides is 1. The molecule has 0 saturated carbocycles. The van der Waals surface area contributed by atoms with Crippen LogP contribution in [0.25, 0.3) is 5.65 Å². The van der Waals surface area contributed by atoms with Crippen LogP contribution in [0.4, 0.5) is 8.78 Å². The lowest BCUT2D eigenvalue weighted by atomic mass is 9.95. The topological polar surface area (TPSA) is 91.7 Å². The summed E-state index contributed by atoms with van der Waals surface area (Å²) in [5, 5.41) is 0.376. The van der Waals surface area contributed by atoms with Crippen LogP contribution in [0.2, 0.25) is 5.02 Å². The van der Waals surface area contributed by atoms with Gasteiger partial charge in [0, 0.05) is 22.7 Å². The maximum atomic E-state index is 13.0. The third kappa shape index (κ3) is 3.92. The standard InChI is InChI=1S/C18H14BrClF2N4O3/c19-13-6-26-15(5-24-13)25-16-12(28-7-14(23)27)4-10(17(16)26)9-3-8(20)1-2-11(9)29-18(21)22/h1-3,5-6,10,12,18H,4,7H2,(H2,23,27)/t10-,12-/m0/s1. The number of amides is 1. The van der Waals surface area contributed by atoms with Gasteiger partial charge in [-0.1, -0.05) is 11.6 Å². The SMILES string of the molecule is NC(=O)CO[C@H]1C[C@@H](c2cc(Cl)ccc2OC(F)F)c2c1nc1cnc(Br)cn21. The lowest BCUT2D eigenvalue weighted by Crippen LogP contribution is -2.19. The fourth-order valence-corrected chi connectivity index (χ4v) is 4.07. The summed E-state index contributed by atoms with van der Waals surface area (Å²) < 4.78 is 38.6. The normalized spacial score (nSPS) is 18.4. The van der Waals surface area contributed by atoms with Crippen LogP contribution in [-0.4, -0.2) is 33.5 Å². The molecule has 1 aliphatic rings. The Balaban J connectivity index is 1.86. The van der Waals surface area contributed by atoms with Gasteiger partial charge in [-0.05, 0) is 40.5 Å². The second-order valence-electron chi connectivity index (χ2n) is 6.44. The summed E-state index contributed by atoms with van der Waals surface area (Å²) in [5.74, 6) is -1.02. The number of nitrogens with zero attached hydrogens (tertiary/aromatic N) is 3. The Morgan fingerprint density at radius 3 is 2.97 bits per heavy atom. The minimum absolute atomic E-state index is 0.0129. The van der Waals surface area contributed by atoms with Gasteiger partial charge in [-0.2, -0.15) is 8.78 Å². The minimum Gasteiger partial charge on any atom is -0.435 e. The fraction of sp³-hybridized carbons (Fsp3) is 0.278. The number of benzene rings is 1. The van der Waals surface area contributed by atoms with Crippen LogP contribution in [0.5, 0.6) is 5.75 Å². The van der Waals surface area contributed by atoms with Gasteiger partial charge in [-0.25, -0.2) is 9.97 Å². The first kappa shape index (κ1) is 20.0. The lowest BCUT2D eigenvalue weighted by Gasteiger charge is -2.18. The molecule has 2 aromatic heterocycles. The summed E-state index contributed by atoms with van der Waals surface area (Å²) in [6.45, 7) is -3.28. The van der Waals surface area contributed by atoms with Crippen LogP contribution in [0, 0.1) is 0 Å². The molecule has 11 heteroatoms. The van der Waals surface area contributed by atoms with E-state index in [-0.39, 0.29) is 12.4 Å². The molecule has 3 aromatic rings. The number of halogens is 4. The molecule has 4 rings (SSSR count). The Bertz CT molecular complexity index is 1090. The summed E-state index contributed by atoms with van der Waals surface area (Å²) >= 11 is 9.47. The molecule has 0 radical (unpaired) electrons. The van der Waals surface area contributed by atoms with Crippen molar-refractivity contribution in [2.75, 3.05) is 6.61 Å². The van der Waals surface area contributed by atoms with Crippen molar-refractivity contribution in [1.29, 1.82) is 0 Å². The van der Waals surface area contributed by atoms with E-state index in [0.717, 1.165) is 5.69 Å². The van der Waals surface area contributed by atoms with Gasteiger partial charge in [0.05, 0.1) is 17.6 Å². The molecule has 1 aliphatic carbocycles. The molecule has 0 bridgehead atoms. The molecule has 0 saturated heterocycles. The number of fused-ring (bicyclic) bond motifs is 3. The number of aromatic nitrogens is 3. The van der Waals surface area contributed by atoms with E-state index in [1.165, 1.54) is 12.1 Å². The second-order valence-corrected chi connectivity index (χ2v) is 7.68. The molecule has 152 valence electrons. The van der Waals surface area contributed by atoms with Gasteiger partial charge in [-0.3, -0.25) is 9.20 Å². The first-order valence-electron chi connectivity index (χ1n) is 8.51. The van der Waals surface area contributed by atoms with Gasteiger partial charge in [0.25, 0.3) is 0 Å². The van der Waals surface area contributed by atoms with E-state index in [0.29, 0.717) is 33.0 Å². The number of hydrogen-bond acceptors (Lipinski definition) is 5. The van der Waals surface area contributed by atoms with Crippen molar-refractivity contribution in [3.63, 3.8) is 0 Å². The fourth-order valence-electron chi connectivity index (χ4n) is 3.59. The largest absolute Gasteiger partial charge is 0.435 e. The third-order valence-corrected chi connectivity index (χ3v) is 5.26. The average Bonchev–Trinajstić information content (AvgIpc) is 3.18. The highest BCUT2D eigenvalue weighted by Crippen LogP contribution is 2.48. The van der Waals surface area contributed by atoms with E-state index in [4.69, 9.17) is 26.8 Å². The third-order valence-electron chi connectivity index (χ3n) is 4.62. The molecule has 29 heavy (non-hydrogen) atoms. The molecule has 1 amide bonds. The van der Waals surface area contributed by atoms with Crippen molar-refractivity contribution in [3.8, 4) is 5.75 Å². The Kier molecular flexibility index (Phi) is 5.41. The number of carbonyl (C=O) groups excluding carboxylic acids is 1. The number of nitrogens with two attached hydrogens (primary N) is 1. The van der Waals surface area contributed by atoms with Gasteiger partial charge in [0.15, 0.2) is 5.65 Å². The Hall–Kier alpha value is -2.30. The predicted octanol–water partition coefficient (Wildman–Crippen LogP) is 3.83. The summed E-state index contributed by atoms with van der Waals surface area (Å²) in [6.07, 6.45) is 3.09. The summed E-state index contributed by atoms with van der Waals surface area (Å²) in [7, 11) is 0. The van der Waals surface area contributed by atoms with Crippen LogP contribution >= 0.6 is 27.5 Å². The predicted molar refractivity (Wildman–Crippen MR) is 103 cm³/mol. The quantitative estimate of drug-likeness (QED) is 0.571. The average molecular weight is 488 g/mol. The van der Waals surface area contributed by atoms with Gasteiger partial charge in [-0.15, -0.1) is 0 Å². The smallest absolute Gasteiger partial charge is 0.387 e. The molecule has 2 atom stereocenters. The Morgan fingerprint density at radius 2 is 2.24 bits per heavy atom. The molecule has 7 nitrogen and oxygen atoms in total. The Morgan fingerprint density at radius 1 is 1.45 bits per heavy atom. The van der Waals surface area contributed by atoms with Crippen LogP contribution < -0.4 is 10.5 Å². The van der Waals surface area contributed by atoms with E-state index in [1.54, 1.807) is 22.9 Å². The van der Waals surface area contributed by atoms with Gasteiger partial charge >= 0.3 is 6.61 Å². The van der Waals surface area contributed by atoms with E-state index in [9.17, 15) is 13.6 Å². The lowest BCUT2D eigenvalue weighted by molar-refractivity contribution is -0.124. The monoisotopic (exact) mass is 486 g/mol. The van der Waals surface area contributed by atoms with Crippen LogP contribution in [0.15, 0.2) is 35.2 Å². The minimum atomic E-state index is -2.99. The maximum Gasteiger partial charge on any atom is 0.387 e. The number of imidazole rings is 1. The van der Waals surface area contributed by atoms with E-state index in [1.807, 2.05) is 0 Å². The molecule has 0 aliphatic heterocycles. The summed E-state index contributed by atoms with van der Waals surface area (Å²) in [6, 6.07) is 4.47. The van der Waals surface area contributed by atoms with Gasteiger partial charge in [0.1, 0.15) is 23.1 Å². The first-order chi connectivity index (χ1) is 13.8. The van der Waals surface area contributed by atoms with Crippen molar-refractivity contribution in [1.82, 2.24) is 14.4 Å². The number of rotatable bonds is 6. The van der Waals surface area contributed by atoms with Gasteiger partial charge in [0.2, 0.25) is 5.91 Å². The number of ether oxygens (including phenoxy) is 2. The summed E-state index contributed by atoms with van der Waals surface area (Å²) in [4.78, 5) is 19.9. The van der Waals surface area contributed by atoms with E-state index < -0.39 is 24.5 Å². The molecule has 2 heterocycles. The molecular weight excluding hydrogens is 474 g/mol. The van der Waals surface area contributed by atoms with Crippen molar-refractivity contribution in [2.45, 2.75) is 25.1 Å². The van der Waals surface area contributed by atoms with Crippen LogP contribution in [-0.2, 0) is 9.53 Å². The molecule has 0 spiro atoms. The van der Waals surface area contributed by atoms with Crippen molar-refractivity contribution >= 4 is 39.1 Å². The maximum absolute atomic E-state index is 13.0. The Labute approximate surface area is 176 Å². The number of hydrogen-bond donors (Lipinski definition) is 1. The molecular formula is C18H14BrClF2N4O3.